The van der Waals surface area contributed by atoms with Crippen LogP contribution in [0.2, 0.25) is 5.02 Å². The van der Waals surface area contributed by atoms with Gasteiger partial charge in [0.25, 0.3) is 0 Å². The molecule has 0 aliphatic heterocycles. The molecule has 0 saturated heterocycles. The van der Waals surface area contributed by atoms with Crippen LogP contribution in [0.3, 0.4) is 0 Å². The summed E-state index contributed by atoms with van der Waals surface area (Å²) in [5.74, 6) is -0.187. The number of hydrogen-bond donors (Lipinski definition) is 2. The fourth-order valence-corrected chi connectivity index (χ4v) is 1.60. The van der Waals surface area contributed by atoms with Gasteiger partial charge in [0.2, 0.25) is 5.91 Å². The second kappa shape index (κ2) is 5.09. The van der Waals surface area contributed by atoms with Crippen LogP contribution in [0.25, 0.3) is 0 Å². The first-order valence-electron chi connectivity index (χ1n) is 4.32. The largest absolute Gasteiger partial charge is 0.391 e. The Morgan fingerprint density at radius 2 is 2.27 bits per heavy atom. The van der Waals surface area contributed by atoms with E-state index < -0.39 is 6.04 Å². The van der Waals surface area contributed by atoms with Crippen LogP contribution in [0.15, 0.2) is 24.3 Å². The van der Waals surface area contributed by atoms with Crippen molar-refractivity contribution in [1.82, 2.24) is 5.32 Å². The molecule has 1 aromatic carbocycles. The second-order valence-corrected chi connectivity index (χ2v) is 4.00. The summed E-state index contributed by atoms with van der Waals surface area (Å²) in [6.07, 6.45) is 0. The lowest BCUT2D eigenvalue weighted by molar-refractivity contribution is -0.119. The molecule has 15 heavy (non-hydrogen) atoms. The van der Waals surface area contributed by atoms with Gasteiger partial charge in [0.05, 0.1) is 0 Å². The summed E-state index contributed by atoms with van der Waals surface area (Å²) in [4.78, 5) is 11.2. The van der Waals surface area contributed by atoms with Crippen LogP contribution in [0.4, 0.5) is 0 Å². The van der Waals surface area contributed by atoms with E-state index >= 15 is 0 Å². The normalized spacial score (nSPS) is 11.9. The Morgan fingerprint density at radius 1 is 1.60 bits per heavy atom. The van der Waals surface area contributed by atoms with Crippen LogP contribution < -0.4 is 11.1 Å². The predicted octanol–water partition coefficient (Wildman–Crippen LogP) is 1.80. The van der Waals surface area contributed by atoms with Crippen molar-refractivity contribution in [2.75, 3.05) is 0 Å². The average molecular weight is 243 g/mol. The van der Waals surface area contributed by atoms with E-state index in [0.29, 0.717) is 5.02 Å². The third-order valence-corrected chi connectivity index (χ3v) is 2.28. The van der Waals surface area contributed by atoms with E-state index in [-0.39, 0.29) is 10.9 Å². The van der Waals surface area contributed by atoms with Gasteiger partial charge in [-0.25, -0.2) is 0 Å². The highest BCUT2D eigenvalue weighted by molar-refractivity contribution is 7.80. The van der Waals surface area contributed by atoms with Crippen molar-refractivity contribution in [3.8, 4) is 0 Å². The molecule has 0 aliphatic carbocycles. The summed E-state index contributed by atoms with van der Waals surface area (Å²) < 4.78 is 0. The second-order valence-electron chi connectivity index (χ2n) is 3.09. The summed E-state index contributed by atoms with van der Waals surface area (Å²) >= 11 is 10.7. The molecule has 1 rings (SSSR count). The molecule has 80 valence electrons. The van der Waals surface area contributed by atoms with Crippen LogP contribution in [-0.2, 0) is 4.79 Å². The minimum Gasteiger partial charge on any atom is -0.391 e. The van der Waals surface area contributed by atoms with Gasteiger partial charge < -0.3 is 11.1 Å². The third kappa shape index (κ3) is 3.49. The Balaban J connectivity index is 2.98. The molecule has 3 N–H and O–H groups in total. The van der Waals surface area contributed by atoms with E-state index in [4.69, 9.17) is 29.6 Å². The zero-order valence-electron chi connectivity index (χ0n) is 8.16. The predicted molar refractivity (Wildman–Crippen MR) is 64.8 cm³/mol. The van der Waals surface area contributed by atoms with Crippen molar-refractivity contribution < 1.29 is 4.79 Å². The smallest absolute Gasteiger partial charge is 0.217 e. The Bertz CT molecular complexity index is 395. The lowest BCUT2D eigenvalue weighted by Crippen LogP contribution is -2.35. The van der Waals surface area contributed by atoms with Gasteiger partial charge in [0.15, 0.2) is 0 Å². The molecule has 3 nitrogen and oxygen atoms in total. The maximum absolute atomic E-state index is 11.0. The van der Waals surface area contributed by atoms with Gasteiger partial charge >= 0.3 is 0 Å². The third-order valence-electron chi connectivity index (χ3n) is 1.81. The highest BCUT2D eigenvalue weighted by Gasteiger charge is 2.15. The van der Waals surface area contributed by atoms with E-state index in [1.807, 2.05) is 6.07 Å². The number of halogens is 1. The number of nitrogens with two attached hydrogens (primary N) is 1. The quantitative estimate of drug-likeness (QED) is 0.795. The van der Waals surface area contributed by atoms with Gasteiger partial charge in [0.1, 0.15) is 11.0 Å². The fraction of sp³-hybridized carbons (Fsp3) is 0.200. The van der Waals surface area contributed by atoms with Gasteiger partial charge in [-0.15, -0.1) is 0 Å². The first-order chi connectivity index (χ1) is 7.00. The summed E-state index contributed by atoms with van der Waals surface area (Å²) in [5.41, 5.74) is 6.32. The minimum absolute atomic E-state index is 0.187. The molecule has 0 fully saturated rings. The summed E-state index contributed by atoms with van der Waals surface area (Å²) in [6.45, 7) is 1.41. The molecule has 0 bridgehead atoms. The van der Waals surface area contributed by atoms with Crippen molar-refractivity contribution >= 4 is 34.7 Å². The topological polar surface area (TPSA) is 55.1 Å². The lowest BCUT2D eigenvalue weighted by Gasteiger charge is -2.16. The Labute approximate surface area is 98.6 Å². The van der Waals surface area contributed by atoms with Crippen LogP contribution in [0.5, 0.6) is 0 Å². The maximum atomic E-state index is 11.0. The van der Waals surface area contributed by atoms with Gasteiger partial charge in [0, 0.05) is 11.9 Å². The molecule has 0 saturated carbocycles. The van der Waals surface area contributed by atoms with Crippen molar-refractivity contribution in [3.63, 3.8) is 0 Å². The number of carbonyl (C=O) groups excluding carboxylic acids is 1. The first kappa shape index (κ1) is 11.9. The van der Waals surface area contributed by atoms with Gasteiger partial charge in [-0.3, -0.25) is 4.79 Å². The van der Waals surface area contributed by atoms with Crippen molar-refractivity contribution in [3.05, 3.63) is 34.9 Å². The summed E-state index contributed by atoms with van der Waals surface area (Å²) in [6, 6.07) is 6.60. The van der Waals surface area contributed by atoms with E-state index in [2.05, 4.69) is 5.32 Å². The Hall–Kier alpha value is -1.13. The van der Waals surface area contributed by atoms with E-state index in [0.717, 1.165) is 5.56 Å². The van der Waals surface area contributed by atoms with Gasteiger partial charge in [-0.1, -0.05) is 36.0 Å². The van der Waals surface area contributed by atoms with Crippen LogP contribution in [-0.4, -0.2) is 10.9 Å². The molecule has 0 spiro atoms. The Morgan fingerprint density at radius 3 is 2.73 bits per heavy atom. The van der Waals surface area contributed by atoms with Crippen LogP contribution in [0.1, 0.15) is 18.5 Å². The Kier molecular flexibility index (Phi) is 4.05. The average Bonchev–Trinajstić information content (AvgIpc) is 2.13. The van der Waals surface area contributed by atoms with E-state index in [1.165, 1.54) is 6.92 Å². The number of amides is 1. The maximum Gasteiger partial charge on any atom is 0.217 e. The number of nitrogens with one attached hydrogen (secondary N) is 1. The number of thiocarbonyl (C=S) groups is 1. The van der Waals surface area contributed by atoms with Crippen molar-refractivity contribution in [2.24, 2.45) is 5.73 Å². The molecule has 1 unspecified atom stereocenters. The van der Waals surface area contributed by atoms with Gasteiger partial charge in [-0.05, 0) is 17.7 Å². The number of carbonyl (C=O) groups is 1. The fourth-order valence-electron chi connectivity index (χ4n) is 1.21. The standard InChI is InChI=1S/C10H11ClN2OS/c1-6(14)13-9(10(12)15)7-3-2-4-8(11)5-7/h2-5,9H,1H3,(H2,12,15)(H,13,14). The number of hydrogen-bond acceptors (Lipinski definition) is 2. The number of benzene rings is 1. The molecular weight excluding hydrogens is 232 g/mol. The molecule has 1 atom stereocenters. The van der Waals surface area contributed by atoms with Crippen LogP contribution >= 0.6 is 23.8 Å². The van der Waals surface area contributed by atoms with Gasteiger partial charge in [-0.2, -0.15) is 0 Å². The molecule has 0 radical (unpaired) electrons. The number of rotatable bonds is 3. The molecule has 5 heteroatoms. The monoisotopic (exact) mass is 242 g/mol. The SMILES string of the molecule is CC(=O)NC(C(N)=S)c1cccc(Cl)c1. The lowest BCUT2D eigenvalue weighted by atomic mass is 10.1. The zero-order valence-corrected chi connectivity index (χ0v) is 9.73. The summed E-state index contributed by atoms with van der Waals surface area (Å²) in [5, 5.41) is 3.24. The van der Waals surface area contributed by atoms with Crippen LogP contribution in [0, 0.1) is 0 Å². The molecule has 0 heterocycles. The molecule has 1 aromatic rings. The molecular formula is C10H11ClN2OS. The highest BCUT2D eigenvalue weighted by atomic mass is 35.5. The first-order valence-corrected chi connectivity index (χ1v) is 5.11. The zero-order chi connectivity index (χ0) is 11.4. The van der Waals surface area contributed by atoms with E-state index in [9.17, 15) is 4.79 Å². The molecule has 1 amide bonds. The molecule has 0 aliphatic rings. The van der Waals surface area contributed by atoms with Crippen molar-refractivity contribution in [2.45, 2.75) is 13.0 Å². The van der Waals surface area contributed by atoms with E-state index in [1.54, 1.807) is 18.2 Å². The minimum atomic E-state index is -0.462. The van der Waals surface area contributed by atoms with Crippen molar-refractivity contribution in [1.29, 1.82) is 0 Å². The summed E-state index contributed by atoms with van der Waals surface area (Å²) in [7, 11) is 0. The highest BCUT2D eigenvalue weighted by Crippen LogP contribution is 2.18. The molecule has 0 aromatic heterocycles.